The minimum Gasteiger partial charge on any atom is -0.487 e. The Bertz CT molecular complexity index is 1130. The van der Waals surface area contributed by atoms with Gasteiger partial charge in [-0.3, -0.25) is 14.6 Å². The van der Waals surface area contributed by atoms with E-state index in [1.54, 1.807) is 24.4 Å². The van der Waals surface area contributed by atoms with Gasteiger partial charge in [-0.25, -0.2) is 9.37 Å². The average Bonchev–Trinajstić information content (AvgIpc) is 2.79. The number of carbonyl (C=O) groups is 2. The van der Waals surface area contributed by atoms with Crippen molar-refractivity contribution in [3.8, 4) is 5.75 Å². The molecule has 0 saturated carbocycles. The highest BCUT2D eigenvalue weighted by molar-refractivity contribution is 5.92. The highest BCUT2D eigenvalue weighted by atomic mass is 19.1. The lowest BCUT2D eigenvalue weighted by atomic mass is 10.0. The number of rotatable bonds is 9. The van der Waals surface area contributed by atoms with E-state index in [1.165, 1.54) is 18.3 Å². The van der Waals surface area contributed by atoms with Crippen molar-refractivity contribution < 1.29 is 18.7 Å². The largest absolute Gasteiger partial charge is 0.487 e. The Morgan fingerprint density at radius 1 is 1.06 bits per heavy atom. The van der Waals surface area contributed by atoms with Crippen molar-refractivity contribution in [2.24, 2.45) is 5.92 Å². The summed E-state index contributed by atoms with van der Waals surface area (Å²) < 4.78 is 18.8. The maximum Gasteiger partial charge on any atom is 0.270 e. The van der Waals surface area contributed by atoms with Gasteiger partial charge in [0.1, 0.15) is 29.7 Å². The van der Waals surface area contributed by atoms with Crippen LogP contribution in [0.5, 0.6) is 5.75 Å². The van der Waals surface area contributed by atoms with Crippen LogP contribution in [0.4, 0.5) is 4.39 Å². The quantitative estimate of drug-likeness (QED) is 0.509. The first-order valence-corrected chi connectivity index (χ1v) is 10.8. The smallest absolute Gasteiger partial charge is 0.270 e. The number of ketones is 1. The molecular formula is C26H28FN3O3. The first-order valence-electron chi connectivity index (χ1n) is 10.8. The molecule has 1 aromatic carbocycles. The number of carbonyl (C=O) groups excluding carboxylic acids is 2. The highest BCUT2D eigenvalue weighted by Gasteiger charge is 2.16. The van der Waals surface area contributed by atoms with Crippen LogP contribution in [0.1, 0.15) is 59.7 Å². The third-order valence-electron chi connectivity index (χ3n) is 5.29. The van der Waals surface area contributed by atoms with Crippen LogP contribution in [0.15, 0.2) is 54.9 Å². The Morgan fingerprint density at radius 2 is 1.79 bits per heavy atom. The van der Waals surface area contributed by atoms with E-state index in [0.29, 0.717) is 11.4 Å². The monoisotopic (exact) mass is 449 g/mol. The van der Waals surface area contributed by atoms with E-state index in [1.807, 2.05) is 39.8 Å². The molecule has 2 aromatic heterocycles. The molecule has 0 aliphatic heterocycles. The summed E-state index contributed by atoms with van der Waals surface area (Å²) in [7, 11) is 0. The van der Waals surface area contributed by atoms with Gasteiger partial charge >= 0.3 is 0 Å². The van der Waals surface area contributed by atoms with Gasteiger partial charge in [0.25, 0.3) is 5.91 Å². The summed E-state index contributed by atoms with van der Waals surface area (Å²) >= 11 is 0. The van der Waals surface area contributed by atoms with Crippen LogP contribution in [0.3, 0.4) is 0 Å². The number of aryl methyl sites for hydroxylation is 1. The first kappa shape index (κ1) is 24.0. The van der Waals surface area contributed by atoms with E-state index in [-0.39, 0.29) is 48.2 Å². The molecule has 0 saturated heterocycles. The second-order valence-electron chi connectivity index (χ2n) is 8.32. The minimum absolute atomic E-state index is 0.0514. The number of hydrogen-bond donors (Lipinski definition) is 1. The van der Waals surface area contributed by atoms with Crippen molar-refractivity contribution in [1.29, 1.82) is 0 Å². The number of benzene rings is 1. The van der Waals surface area contributed by atoms with Crippen LogP contribution >= 0.6 is 0 Å². The van der Waals surface area contributed by atoms with E-state index in [0.717, 1.165) is 16.7 Å². The molecule has 0 bridgehead atoms. The Hall–Kier alpha value is -3.61. The van der Waals surface area contributed by atoms with Crippen molar-refractivity contribution in [3.05, 3.63) is 88.8 Å². The molecule has 6 nitrogen and oxygen atoms in total. The molecule has 0 spiro atoms. The number of ether oxygens (including phenoxy) is 1. The van der Waals surface area contributed by atoms with Crippen LogP contribution in [0.25, 0.3) is 0 Å². The van der Waals surface area contributed by atoms with Crippen molar-refractivity contribution in [2.45, 2.75) is 46.8 Å². The Balaban J connectivity index is 1.62. The molecule has 1 atom stereocenters. The molecule has 3 rings (SSSR count). The Labute approximate surface area is 193 Å². The maximum atomic E-state index is 13.0. The van der Waals surface area contributed by atoms with Gasteiger partial charge < -0.3 is 10.1 Å². The average molecular weight is 450 g/mol. The molecule has 0 aliphatic rings. The van der Waals surface area contributed by atoms with Crippen LogP contribution in [0, 0.1) is 18.7 Å². The molecule has 0 radical (unpaired) electrons. The summed E-state index contributed by atoms with van der Waals surface area (Å²) in [5.41, 5.74) is 3.42. The fourth-order valence-electron chi connectivity index (χ4n) is 3.16. The SMILES string of the molecule is Cc1cc(C(=O)NC(C)c2ccnc(CC(=O)C(C)C)c2)ncc1OCc1ccc(F)cc1. The van der Waals surface area contributed by atoms with Crippen molar-refractivity contribution >= 4 is 11.7 Å². The number of hydrogen-bond acceptors (Lipinski definition) is 5. The lowest BCUT2D eigenvalue weighted by Crippen LogP contribution is -2.27. The first-order chi connectivity index (χ1) is 15.7. The molecule has 2 heterocycles. The molecule has 172 valence electrons. The van der Waals surface area contributed by atoms with Crippen molar-refractivity contribution in [2.75, 3.05) is 0 Å². The Morgan fingerprint density at radius 3 is 2.45 bits per heavy atom. The topological polar surface area (TPSA) is 81.2 Å². The zero-order chi connectivity index (χ0) is 24.0. The Kier molecular flexibility index (Phi) is 7.87. The molecule has 7 heteroatoms. The standard InChI is InChI=1S/C26H28FN3O3/c1-16(2)24(31)13-22-12-20(9-10-28-22)18(4)30-26(32)23-11-17(3)25(14-29-23)33-15-19-5-7-21(27)8-6-19/h5-12,14,16,18H,13,15H2,1-4H3,(H,30,32). The second-order valence-corrected chi connectivity index (χ2v) is 8.32. The number of Topliss-reactive ketones (excluding diaryl/α,β-unsaturated/α-hetero) is 1. The minimum atomic E-state index is -0.313. The van der Waals surface area contributed by atoms with E-state index in [9.17, 15) is 14.0 Å². The lowest BCUT2D eigenvalue weighted by Gasteiger charge is -2.16. The molecule has 3 aromatic rings. The third kappa shape index (κ3) is 6.68. The second kappa shape index (κ2) is 10.8. The zero-order valence-electron chi connectivity index (χ0n) is 19.3. The molecule has 33 heavy (non-hydrogen) atoms. The predicted octanol–water partition coefficient (Wildman–Crippen LogP) is 4.76. The fourth-order valence-corrected chi connectivity index (χ4v) is 3.16. The third-order valence-corrected chi connectivity index (χ3v) is 5.29. The van der Waals surface area contributed by atoms with E-state index in [4.69, 9.17) is 4.74 Å². The summed E-state index contributed by atoms with van der Waals surface area (Å²) in [4.78, 5) is 33.3. The summed E-state index contributed by atoms with van der Waals surface area (Å²) in [5, 5.41) is 2.94. The number of nitrogens with one attached hydrogen (secondary N) is 1. The van der Waals surface area contributed by atoms with Crippen LogP contribution < -0.4 is 10.1 Å². The van der Waals surface area contributed by atoms with Gasteiger partial charge in [-0.1, -0.05) is 26.0 Å². The number of aromatic nitrogens is 2. The summed E-state index contributed by atoms with van der Waals surface area (Å²) in [6.07, 6.45) is 3.43. The number of halogens is 1. The van der Waals surface area contributed by atoms with E-state index >= 15 is 0 Å². The van der Waals surface area contributed by atoms with Gasteiger partial charge in [-0.05, 0) is 60.9 Å². The number of pyridine rings is 2. The highest BCUT2D eigenvalue weighted by Crippen LogP contribution is 2.20. The molecule has 1 N–H and O–H groups in total. The molecule has 1 amide bonds. The van der Waals surface area contributed by atoms with Crippen molar-refractivity contribution in [1.82, 2.24) is 15.3 Å². The maximum absolute atomic E-state index is 13.0. The van der Waals surface area contributed by atoms with Gasteiger partial charge in [-0.2, -0.15) is 0 Å². The van der Waals surface area contributed by atoms with Crippen LogP contribution in [0.2, 0.25) is 0 Å². The normalized spacial score (nSPS) is 11.8. The molecular weight excluding hydrogens is 421 g/mol. The van der Waals surface area contributed by atoms with Crippen LogP contribution in [-0.4, -0.2) is 21.7 Å². The van der Waals surface area contributed by atoms with E-state index < -0.39 is 0 Å². The van der Waals surface area contributed by atoms with Gasteiger partial charge in [0.15, 0.2) is 0 Å². The number of nitrogens with zero attached hydrogens (tertiary/aromatic N) is 2. The van der Waals surface area contributed by atoms with E-state index in [2.05, 4.69) is 15.3 Å². The number of amides is 1. The van der Waals surface area contributed by atoms with Crippen molar-refractivity contribution in [3.63, 3.8) is 0 Å². The van der Waals surface area contributed by atoms with Gasteiger partial charge in [0.05, 0.1) is 12.2 Å². The van der Waals surface area contributed by atoms with Gasteiger partial charge in [-0.15, -0.1) is 0 Å². The fraction of sp³-hybridized carbons (Fsp3) is 0.308. The summed E-state index contributed by atoms with van der Waals surface area (Å²) in [6, 6.07) is 11.1. The lowest BCUT2D eigenvalue weighted by molar-refractivity contribution is -0.121. The molecule has 0 aliphatic carbocycles. The zero-order valence-corrected chi connectivity index (χ0v) is 19.3. The molecule has 1 unspecified atom stereocenters. The summed E-state index contributed by atoms with van der Waals surface area (Å²) in [6.45, 7) is 7.71. The predicted molar refractivity (Wildman–Crippen MR) is 123 cm³/mol. The van der Waals surface area contributed by atoms with Crippen LogP contribution in [-0.2, 0) is 17.8 Å². The van der Waals surface area contributed by atoms with Gasteiger partial charge in [0.2, 0.25) is 0 Å². The molecule has 0 fully saturated rings. The van der Waals surface area contributed by atoms with Gasteiger partial charge in [0, 0.05) is 24.2 Å². The summed E-state index contributed by atoms with van der Waals surface area (Å²) in [5.74, 6) is 0.0142.